The standard InChI is InChI=1S/C50H32N4/c1-4-15-33(16-5-1)35-27-28-41-44(30-35)51-50(52-49(41)34-17-6-2-7-18-34)36-19-14-22-38(29-36)54-46-26-13-11-24-40(46)43-31-47-42(32-48(43)54)39-23-10-12-25-45(39)53(47)37-20-8-3-9-21-37/h1-32H. The van der Waals surface area contributed by atoms with Crippen LogP contribution in [0.5, 0.6) is 0 Å². The quantitative estimate of drug-likeness (QED) is 0.180. The van der Waals surface area contributed by atoms with Gasteiger partial charge in [-0.2, -0.15) is 0 Å². The number of rotatable bonds is 5. The Morgan fingerprint density at radius 1 is 0.296 bits per heavy atom. The van der Waals surface area contributed by atoms with Crippen LogP contribution in [0.2, 0.25) is 0 Å². The molecule has 3 heterocycles. The Morgan fingerprint density at radius 3 is 1.50 bits per heavy atom. The SMILES string of the molecule is c1ccc(-c2ccc3c(-c4ccccc4)nc(-c4cccc(-n5c6ccccc6c6cc7c(cc65)c5ccccc5n7-c5ccccc5)c4)nc3c2)cc1. The minimum Gasteiger partial charge on any atom is -0.309 e. The molecular weight excluding hydrogens is 657 g/mol. The van der Waals surface area contributed by atoms with Gasteiger partial charge in [0, 0.05) is 49.4 Å². The van der Waals surface area contributed by atoms with Crippen LogP contribution in [0.4, 0.5) is 0 Å². The molecule has 0 fully saturated rings. The van der Waals surface area contributed by atoms with Crippen molar-refractivity contribution in [2.45, 2.75) is 0 Å². The predicted octanol–water partition coefficient (Wildman–Crippen LogP) is 12.8. The molecule has 0 aliphatic rings. The van der Waals surface area contributed by atoms with Gasteiger partial charge in [-0.3, -0.25) is 0 Å². The Bertz CT molecular complexity index is 3200. The number of aromatic nitrogens is 4. The van der Waals surface area contributed by atoms with Crippen LogP contribution in [0.15, 0.2) is 194 Å². The summed E-state index contributed by atoms with van der Waals surface area (Å²) < 4.78 is 4.79. The lowest BCUT2D eigenvalue weighted by Crippen LogP contribution is -1.98. The number of hydrogen-bond acceptors (Lipinski definition) is 2. The zero-order chi connectivity index (χ0) is 35.6. The minimum atomic E-state index is 0.697. The van der Waals surface area contributed by atoms with Crippen molar-refractivity contribution in [3.05, 3.63) is 194 Å². The van der Waals surface area contributed by atoms with E-state index in [-0.39, 0.29) is 0 Å². The van der Waals surface area contributed by atoms with Gasteiger partial charge in [0.15, 0.2) is 5.82 Å². The number of hydrogen-bond donors (Lipinski definition) is 0. The van der Waals surface area contributed by atoms with E-state index in [4.69, 9.17) is 9.97 Å². The molecule has 0 amide bonds. The van der Waals surface area contributed by atoms with Crippen molar-refractivity contribution in [1.29, 1.82) is 0 Å². The highest BCUT2D eigenvalue weighted by Crippen LogP contribution is 2.40. The Morgan fingerprint density at radius 2 is 0.833 bits per heavy atom. The number of para-hydroxylation sites is 3. The van der Waals surface area contributed by atoms with Gasteiger partial charge >= 0.3 is 0 Å². The maximum atomic E-state index is 5.27. The van der Waals surface area contributed by atoms with Crippen molar-refractivity contribution in [3.63, 3.8) is 0 Å². The van der Waals surface area contributed by atoms with Gasteiger partial charge in [-0.1, -0.05) is 133 Å². The van der Waals surface area contributed by atoms with Crippen LogP contribution >= 0.6 is 0 Å². The molecule has 252 valence electrons. The summed E-state index contributed by atoms with van der Waals surface area (Å²) in [4.78, 5) is 10.5. The van der Waals surface area contributed by atoms with Gasteiger partial charge in [-0.15, -0.1) is 0 Å². The normalized spacial score (nSPS) is 11.7. The second-order valence-corrected chi connectivity index (χ2v) is 13.8. The highest BCUT2D eigenvalue weighted by atomic mass is 15.0. The maximum Gasteiger partial charge on any atom is 0.160 e. The first-order valence-corrected chi connectivity index (χ1v) is 18.3. The third kappa shape index (κ3) is 4.78. The van der Waals surface area contributed by atoms with Gasteiger partial charge in [0.2, 0.25) is 0 Å². The van der Waals surface area contributed by atoms with Crippen molar-refractivity contribution >= 4 is 54.5 Å². The fourth-order valence-corrected chi connectivity index (χ4v) is 8.23. The van der Waals surface area contributed by atoms with E-state index in [1.807, 2.05) is 12.1 Å². The maximum absolute atomic E-state index is 5.27. The molecule has 0 saturated heterocycles. The molecule has 0 bridgehead atoms. The lowest BCUT2D eigenvalue weighted by atomic mass is 10.0. The first-order valence-electron chi connectivity index (χ1n) is 18.3. The molecule has 4 nitrogen and oxygen atoms in total. The zero-order valence-corrected chi connectivity index (χ0v) is 29.3. The molecular formula is C50H32N4. The van der Waals surface area contributed by atoms with E-state index >= 15 is 0 Å². The second kappa shape index (κ2) is 12.1. The molecule has 0 aliphatic heterocycles. The molecule has 0 aliphatic carbocycles. The van der Waals surface area contributed by atoms with E-state index in [9.17, 15) is 0 Å². The average Bonchev–Trinajstić information content (AvgIpc) is 3.75. The van der Waals surface area contributed by atoms with Crippen LogP contribution < -0.4 is 0 Å². The summed E-state index contributed by atoms with van der Waals surface area (Å²) in [6.45, 7) is 0. The smallest absolute Gasteiger partial charge is 0.160 e. The fraction of sp³-hybridized carbons (Fsp3) is 0. The minimum absolute atomic E-state index is 0.697. The Hall–Kier alpha value is -7.30. The predicted molar refractivity (Wildman–Crippen MR) is 225 cm³/mol. The van der Waals surface area contributed by atoms with Gasteiger partial charge in [0.25, 0.3) is 0 Å². The summed E-state index contributed by atoms with van der Waals surface area (Å²) >= 11 is 0. The van der Waals surface area contributed by atoms with Crippen molar-refractivity contribution in [3.8, 4) is 45.1 Å². The lowest BCUT2D eigenvalue weighted by molar-refractivity contribution is 1.17. The van der Waals surface area contributed by atoms with Crippen LogP contribution in [0.1, 0.15) is 0 Å². The van der Waals surface area contributed by atoms with E-state index in [0.29, 0.717) is 5.82 Å². The number of benzene rings is 8. The summed E-state index contributed by atoms with van der Waals surface area (Å²) in [5, 5.41) is 5.91. The number of nitrogens with zero attached hydrogens (tertiary/aromatic N) is 4. The van der Waals surface area contributed by atoms with Crippen LogP contribution in [0.25, 0.3) is 99.7 Å². The van der Waals surface area contributed by atoms with Gasteiger partial charge in [-0.05, 0) is 71.8 Å². The molecule has 3 aromatic heterocycles. The first-order chi connectivity index (χ1) is 26.8. The third-order valence-electron chi connectivity index (χ3n) is 10.7. The molecule has 0 unspecified atom stereocenters. The molecule has 0 saturated carbocycles. The van der Waals surface area contributed by atoms with Crippen molar-refractivity contribution in [2.75, 3.05) is 0 Å². The van der Waals surface area contributed by atoms with Crippen LogP contribution in [-0.2, 0) is 0 Å². The monoisotopic (exact) mass is 688 g/mol. The summed E-state index contributed by atoms with van der Waals surface area (Å²) in [6, 6.07) is 69.0. The summed E-state index contributed by atoms with van der Waals surface area (Å²) in [7, 11) is 0. The lowest BCUT2D eigenvalue weighted by Gasteiger charge is -2.13. The average molecular weight is 689 g/mol. The zero-order valence-electron chi connectivity index (χ0n) is 29.3. The summed E-state index contributed by atoms with van der Waals surface area (Å²) in [5.41, 5.74) is 13.1. The van der Waals surface area contributed by atoms with Crippen molar-refractivity contribution in [2.24, 2.45) is 0 Å². The number of fused-ring (bicyclic) bond motifs is 7. The molecule has 11 aromatic rings. The molecule has 11 rings (SSSR count). The Labute approximate surface area is 311 Å². The van der Waals surface area contributed by atoms with E-state index in [1.54, 1.807) is 0 Å². The van der Waals surface area contributed by atoms with Gasteiger partial charge in [0.1, 0.15) is 0 Å². The second-order valence-electron chi connectivity index (χ2n) is 13.8. The van der Waals surface area contributed by atoms with Crippen LogP contribution in [-0.4, -0.2) is 19.1 Å². The largest absolute Gasteiger partial charge is 0.309 e. The fourth-order valence-electron chi connectivity index (χ4n) is 8.23. The molecule has 4 heteroatoms. The van der Waals surface area contributed by atoms with E-state index in [1.165, 1.54) is 32.6 Å². The van der Waals surface area contributed by atoms with E-state index < -0.39 is 0 Å². The van der Waals surface area contributed by atoms with E-state index in [2.05, 4.69) is 191 Å². The highest BCUT2D eigenvalue weighted by Gasteiger charge is 2.19. The van der Waals surface area contributed by atoms with Gasteiger partial charge in [-0.25, -0.2) is 9.97 Å². The van der Waals surface area contributed by atoms with Gasteiger partial charge in [0.05, 0.1) is 33.3 Å². The van der Waals surface area contributed by atoms with Crippen LogP contribution in [0.3, 0.4) is 0 Å². The highest BCUT2D eigenvalue weighted by molar-refractivity contribution is 6.19. The Balaban J connectivity index is 1.14. The molecule has 0 spiro atoms. The molecule has 0 N–H and O–H groups in total. The molecule has 8 aromatic carbocycles. The van der Waals surface area contributed by atoms with Gasteiger partial charge < -0.3 is 9.13 Å². The topological polar surface area (TPSA) is 35.6 Å². The van der Waals surface area contributed by atoms with Crippen molar-refractivity contribution in [1.82, 2.24) is 19.1 Å². The summed E-state index contributed by atoms with van der Waals surface area (Å²) in [6.07, 6.45) is 0. The molecule has 0 atom stereocenters. The first kappa shape index (κ1) is 30.3. The third-order valence-corrected chi connectivity index (χ3v) is 10.7. The van der Waals surface area contributed by atoms with Crippen LogP contribution in [0, 0.1) is 0 Å². The van der Waals surface area contributed by atoms with Crippen molar-refractivity contribution < 1.29 is 0 Å². The Kier molecular flexibility index (Phi) is 6.82. The summed E-state index contributed by atoms with van der Waals surface area (Å²) in [5.74, 6) is 0.697. The molecule has 0 radical (unpaired) electrons. The van der Waals surface area contributed by atoms with E-state index in [0.717, 1.165) is 61.3 Å². The molecule has 54 heavy (non-hydrogen) atoms.